The third-order valence-corrected chi connectivity index (χ3v) is 2.83. The second-order valence-corrected chi connectivity index (χ2v) is 3.86. The van der Waals surface area contributed by atoms with Gasteiger partial charge in [-0.05, 0) is 25.8 Å². The summed E-state index contributed by atoms with van der Waals surface area (Å²) in [4.78, 5) is 26.0. The second kappa shape index (κ2) is 4.52. The Hall–Kier alpha value is -1.93. The lowest BCUT2D eigenvalue weighted by molar-refractivity contribution is 0.0401. The molecule has 5 heteroatoms. The maximum Gasteiger partial charge on any atom is 0.266 e. The molecule has 0 radical (unpaired) electrons. The summed E-state index contributed by atoms with van der Waals surface area (Å²) in [6.45, 7) is 2.30. The number of rotatable bonds is 2. The number of nitriles is 1. The van der Waals surface area contributed by atoms with Crippen LogP contribution in [0.1, 0.15) is 35.0 Å². The molecule has 0 spiro atoms. The molecule has 0 bridgehead atoms. The summed E-state index contributed by atoms with van der Waals surface area (Å²) in [6.07, 6.45) is 0.707. The maximum atomic E-state index is 12.0. The van der Waals surface area contributed by atoms with Crippen LogP contribution < -0.4 is 5.56 Å². The third kappa shape index (κ3) is 1.99. The van der Waals surface area contributed by atoms with Gasteiger partial charge in [-0.3, -0.25) is 9.59 Å². The van der Waals surface area contributed by atoms with Crippen LogP contribution in [0, 0.1) is 11.3 Å². The smallest absolute Gasteiger partial charge is 0.266 e. The predicted molar refractivity (Wildman–Crippen MR) is 59.8 cm³/mol. The number of H-pyrrole nitrogens is 1. The molecule has 1 aliphatic carbocycles. The zero-order chi connectivity index (χ0) is 12.4. The van der Waals surface area contributed by atoms with Crippen molar-refractivity contribution in [3.05, 3.63) is 33.2 Å². The van der Waals surface area contributed by atoms with Crippen molar-refractivity contribution in [1.82, 2.24) is 4.98 Å². The Morgan fingerprint density at radius 1 is 1.59 bits per heavy atom. The maximum absolute atomic E-state index is 12.0. The quantitative estimate of drug-likeness (QED) is 0.816. The van der Waals surface area contributed by atoms with Crippen molar-refractivity contribution in [3.8, 4) is 6.07 Å². The van der Waals surface area contributed by atoms with Gasteiger partial charge in [0.1, 0.15) is 17.7 Å². The molecule has 1 N–H and O–H groups in total. The van der Waals surface area contributed by atoms with Gasteiger partial charge >= 0.3 is 0 Å². The van der Waals surface area contributed by atoms with E-state index in [1.54, 1.807) is 6.07 Å². The molecule has 0 saturated heterocycles. The topological polar surface area (TPSA) is 82.9 Å². The largest absolute Gasteiger partial charge is 0.370 e. The van der Waals surface area contributed by atoms with Gasteiger partial charge < -0.3 is 9.72 Å². The first-order chi connectivity index (χ1) is 8.17. The normalized spacial score (nSPS) is 18.6. The van der Waals surface area contributed by atoms with E-state index < -0.39 is 11.7 Å². The Kier molecular flexibility index (Phi) is 3.07. The molecule has 1 aliphatic rings. The first-order valence-electron chi connectivity index (χ1n) is 5.49. The van der Waals surface area contributed by atoms with Gasteiger partial charge in [-0.25, -0.2) is 0 Å². The van der Waals surface area contributed by atoms with Crippen LogP contribution in [-0.4, -0.2) is 23.5 Å². The highest BCUT2D eigenvalue weighted by Crippen LogP contribution is 2.21. The third-order valence-electron chi connectivity index (χ3n) is 2.83. The summed E-state index contributed by atoms with van der Waals surface area (Å²) in [6, 6.07) is 3.14. The lowest BCUT2D eigenvalue weighted by atomic mass is 9.91. The van der Waals surface area contributed by atoms with Gasteiger partial charge in [0.05, 0.1) is 0 Å². The van der Waals surface area contributed by atoms with Gasteiger partial charge in [0.25, 0.3) is 5.56 Å². The number of pyridine rings is 1. The molecule has 2 rings (SSSR count). The number of ketones is 1. The summed E-state index contributed by atoms with van der Waals surface area (Å²) >= 11 is 0. The zero-order valence-corrected chi connectivity index (χ0v) is 9.45. The standard InChI is InChI=1S/C12H12N2O3/c1-2-17-10-4-3-9-8(11(10)15)5-7(6-13)12(16)14-9/h5,10H,2-4H2,1H3,(H,14,16). The molecule has 0 fully saturated rings. The highest BCUT2D eigenvalue weighted by atomic mass is 16.5. The van der Waals surface area contributed by atoms with Gasteiger partial charge in [-0.15, -0.1) is 0 Å². The fourth-order valence-electron chi connectivity index (χ4n) is 2.01. The van der Waals surface area contributed by atoms with Crippen LogP contribution >= 0.6 is 0 Å². The minimum atomic E-state index is -0.454. The van der Waals surface area contributed by atoms with Crippen molar-refractivity contribution >= 4 is 5.78 Å². The minimum Gasteiger partial charge on any atom is -0.370 e. The van der Waals surface area contributed by atoms with Crippen molar-refractivity contribution in [2.24, 2.45) is 0 Å². The Bertz CT molecular complexity index is 554. The molecule has 1 aromatic heterocycles. The average Bonchev–Trinajstić information content (AvgIpc) is 2.32. The molecule has 1 atom stereocenters. The second-order valence-electron chi connectivity index (χ2n) is 3.86. The monoisotopic (exact) mass is 232 g/mol. The number of aromatic nitrogens is 1. The number of carbonyl (C=O) groups excluding carboxylic acids is 1. The molecule has 17 heavy (non-hydrogen) atoms. The molecule has 5 nitrogen and oxygen atoms in total. The highest BCUT2D eigenvalue weighted by Gasteiger charge is 2.29. The number of fused-ring (bicyclic) bond motifs is 1. The molecule has 0 aliphatic heterocycles. The van der Waals surface area contributed by atoms with Crippen molar-refractivity contribution in [2.45, 2.75) is 25.9 Å². The van der Waals surface area contributed by atoms with Crippen LogP contribution in [0.3, 0.4) is 0 Å². The summed E-state index contributed by atoms with van der Waals surface area (Å²) in [7, 11) is 0. The van der Waals surface area contributed by atoms with E-state index in [0.717, 1.165) is 0 Å². The van der Waals surface area contributed by atoms with Crippen LogP contribution in [0.4, 0.5) is 0 Å². The molecule has 0 saturated carbocycles. The van der Waals surface area contributed by atoms with Crippen LogP contribution in [0.15, 0.2) is 10.9 Å². The van der Waals surface area contributed by atoms with E-state index in [1.807, 2.05) is 6.92 Å². The molecular formula is C12H12N2O3. The number of nitrogens with zero attached hydrogens (tertiary/aromatic N) is 1. The molecule has 0 aromatic carbocycles. The van der Waals surface area contributed by atoms with Crippen molar-refractivity contribution in [1.29, 1.82) is 5.26 Å². The number of Topliss-reactive ketones (excluding diaryl/α,β-unsaturated/α-hetero) is 1. The van der Waals surface area contributed by atoms with E-state index in [9.17, 15) is 9.59 Å². The van der Waals surface area contributed by atoms with Crippen molar-refractivity contribution < 1.29 is 9.53 Å². The Balaban J connectivity index is 2.46. The summed E-state index contributed by atoms with van der Waals surface area (Å²) in [5.41, 5.74) is 0.545. The Labute approximate surface area is 98.0 Å². The van der Waals surface area contributed by atoms with E-state index >= 15 is 0 Å². The molecule has 1 aromatic rings. The molecule has 1 unspecified atom stereocenters. The lowest BCUT2D eigenvalue weighted by Gasteiger charge is -2.22. The van der Waals surface area contributed by atoms with E-state index in [2.05, 4.69) is 4.98 Å². The lowest BCUT2D eigenvalue weighted by Crippen LogP contribution is -2.32. The Morgan fingerprint density at radius 3 is 3.00 bits per heavy atom. The number of hydrogen-bond acceptors (Lipinski definition) is 4. The van der Waals surface area contributed by atoms with Gasteiger partial charge in [0, 0.05) is 17.9 Å². The van der Waals surface area contributed by atoms with Gasteiger partial charge in [0.15, 0.2) is 5.78 Å². The summed E-state index contributed by atoms with van der Waals surface area (Å²) < 4.78 is 5.33. The summed E-state index contributed by atoms with van der Waals surface area (Å²) in [5.74, 6) is -0.152. The SMILES string of the molecule is CCOC1CCc2[nH]c(=O)c(C#N)cc2C1=O. The predicted octanol–water partition coefficient (Wildman–Crippen LogP) is 0.781. The van der Waals surface area contributed by atoms with Crippen LogP contribution in [0.25, 0.3) is 0 Å². The van der Waals surface area contributed by atoms with E-state index in [4.69, 9.17) is 10.00 Å². The van der Waals surface area contributed by atoms with Gasteiger partial charge in [-0.2, -0.15) is 5.26 Å². The van der Waals surface area contributed by atoms with Crippen molar-refractivity contribution in [2.75, 3.05) is 6.61 Å². The zero-order valence-electron chi connectivity index (χ0n) is 9.45. The molecule has 0 amide bonds. The highest BCUT2D eigenvalue weighted by molar-refractivity contribution is 6.01. The van der Waals surface area contributed by atoms with E-state index in [-0.39, 0.29) is 11.3 Å². The van der Waals surface area contributed by atoms with Gasteiger partial charge in [0.2, 0.25) is 0 Å². The number of hydrogen-bond donors (Lipinski definition) is 1. The average molecular weight is 232 g/mol. The van der Waals surface area contributed by atoms with Crippen LogP contribution in [0.5, 0.6) is 0 Å². The molecule has 1 heterocycles. The number of ether oxygens (including phenoxy) is 1. The van der Waals surface area contributed by atoms with Crippen LogP contribution in [0.2, 0.25) is 0 Å². The molecular weight excluding hydrogens is 220 g/mol. The van der Waals surface area contributed by atoms with E-state index in [0.29, 0.717) is 30.7 Å². The van der Waals surface area contributed by atoms with Gasteiger partial charge in [-0.1, -0.05) is 0 Å². The first-order valence-corrected chi connectivity index (χ1v) is 5.49. The number of nitrogens with one attached hydrogen (secondary N) is 1. The summed E-state index contributed by atoms with van der Waals surface area (Å²) in [5, 5.41) is 8.76. The minimum absolute atomic E-state index is 0.0331. The number of carbonyl (C=O) groups is 1. The van der Waals surface area contributed by atoms with Crippen LogP contribution in [-0.2, 0) is 11.2 Å². The first kappa shape index (κ1) is 11.6. The fraction of sp³-hybridized carbons (Fsp3) is 0.417. The fourth-order valence-corrected chi connectivity index (χ4v) is 2.01. The molecule has 88 valence electrons. The number of aromatic amines is 1. The van der Waals surface area contributed by atoms with Crippen molar-refractivity contribution in [3.63, 3.8) is 0 Å². The number of aryl methyl sites for hydroxylation is 1. The Morgan fingerprint density at radius 2 is 2.35 bits per heavy atom. The van der Waals surface area contributed by atoms with E-state index in [1.165, 1.54) is 6.07 Å².